The zero-order chi connectivity index (χ0) is 9.31. The smallest absolute Gasteiger partial charge is 0.0522 e. The van der Waals surface area contributed by atoms with Crippen molar-refractivity contribution in [1.29, 1.82) is 0 Å². The van der Waals surface area contributed by atoms with E-state index in [2.05, 4.69) is 37.3 Å². The van der Waals surface area contributed by atoms with Crippen molar-refractivity contribution in [2.24, 2.45) is 5.41 Å². The Morgan fingerprint density at radius 1 is 1.38 bits per heavy atom. The summed E-state index contributed by atoms with van der Waals surface area (Å²) < 4.78 is 0. The van der Waals surface area contributed by atoms with Gasteiger partial charge in [0.2, 0.25) is 0 Å². The summed E-state index contributed by atoms with van der Waals surface area (Å²) in [4.78, 5) is 0. The molecule has 1 aromatic rings. The van der Waals surface area contributed by atoms with Gasteiger partial charge >= 0.3 is 0 Å². The molecule has 0 aromatic heterocycles. The molecule has 1 unspecified atom stereocenters. The summed E-state index contributed by atoms with van der Waals surface area (Å²) in [5, 5.41) is 9.22. The minimum atomic E-state index is -0.0612. The second-order valence-electron chi connectivity index (χ2n) is 4.02. The summed E-state index contributed by atoms with van der Waals surface area (Å²) in [7, 11) is 0. The topological polar surface area (TPSA) is 20.2 Å². The Labute approximate surface area is 78.7 Å². The second-order valence-corrected chi connectivity index (χ2v) is 4.02. The van der Waals surface area contributed by atoms with Gasteiger partial charge in [-0.05, 0) is 17.5 Å². The normalized spacial score (nSPS) is 25.7. The van der Waals surface area contributed by atoms with E-state index in [4.69, 9.17) is 0 Å². The molecule has 0 bridgehead atoms. The molecular weight excluding hydrogens is 160 g/mol. The lowest BCUT2D eigenvalue weighted by molar-refractivity contribution is 0.183. The molecule has 0 aliphatic heterocycles. The average Bonchev–Trinajstić information content (AvgIpc) is 2.18. The Hall–Kier alpha value is -1.08. The molecule has 1 atom stereocenters. The van der Waals surface area contributed by atoms with Crippen LogP contribution in [0.5, 0.6) is 0 Å². The van der Waals surface area contributed by atoms with E-state index in [0.29, 0.717) is 0 Å². The van der Waals surface area contributed by atoms with Crippen LogP contribution in [-0.2, 0) is 6.42 Å². The molecule has 1 heteroatoms. The van der Waals surface area contributed by atoms with Crippen LogP contribution >= 0.6 is 0 Å². The molecule has 13 heavy (non-hydrogen) atoms. The van der Waals surface area contributed by atoms with E-state index in [1.54, 1.807) is 0 Å². The highest BCUT2D eigenvalue weighted by molar-refractivity contribution is 5.57. The first-order chi connectivity index (χ1) is 6.23. The van der Waals surface area contributed by atoms with Gasteiger partial charge < -0.3 is 5.11 Å². The summed E-state index contributed by atoms with van der Waals surface area (Å²) in [6, 6.07) is 8.34. The molecule has 1 aliphatic carbocycles. The van der Waals surface area contributed by atoms with Crippen molar-refractivity contribution in [3.05, 3.63) is 41.5 Å². The van der Waals surface area contributed by atoms with Crippen molar-refractivity contribution < 1.29 is 5.11 Å². The highest BCUT2D eigenvalue weighted by Gasteiger charge is 2.24. The van der Waals surface area contributed by atoms with Crippen LogP contribution in [0.25, 0.3) is 6.08 Å². The van der Waals surface area contributed by atoms with Gasteiger partial charge in [0, 0.05) is 5.41 Å². The first-order valence-electron chi connectivity index (χ1n) is 4.61. The maximum absolute atomic E-state index is 9.22. The molecule has 0 radical (unpaired) electrons. The number of aliphatic hydroxyl groups excluding tert-OH is 1. The van der Waals surface area contributed by atoms with Crippen LogP contribution < -0.4 is 0 Å². The zero-order valence-corrected chi connectivity index (χ0v) is 7.83. The predicted molar refractivity (Wildman–Crippen MR) is 54.4 cm³/mol. The lowest BCUT2D eigenvalue weighted by Crippen LogP contribution is -2.24. The van der Waals surface area contributed by atoms with Crippen molar-refractivity contribution >= 4 is 6.08 Å². The molecule has 1 aromatic carbocycles. The van der Waals surface area contributed by atoms with Crippen LogP contribution in [0.3, 0.4) is 0 Å². The molecule has 1 N–H and O–H groups in total. The van der Waals surface area contributed by atoms with Gasteiger partial charge in [0.1, 0.15) is 0 Å². The van der Waals surface area contributed by atoms with Crippen molar-refractivity contribution in [2.75, 3.05) is 6.61 Å². The summed E-state index contributed by atoms with van der Waals surface area (Å²) in [6.07, 6.45) is 5.15. The van der Waals surface area contributed by atoms with Gasteiger partial charge in [-0.3, -0.25) is 0 Å². The summed E-state index contributed by atoms with van der Waals surface area (Å²) in [5.41, 5.74) is 2.56. The maximum Gasteiger partial charge on any atom is 0.0522 e. The van der Waals surface area contributed by atoms with Gasteiger partial charge in [-0.1, -0.05) is 43.3 Å². The number of rotatable bonds is 1. The number of fused-ring (bicyclic) bond motifs is 1. The molecule has 1 aliphatic rings. The number of hydrogen-bond donors (Lipinski definition) is 1. The third-order valence-electron chi connectivity index (χ3n) is 2.68. The fourth-order valence-corrected chi connectivity index (χ4v) is 1.75. The standard InChI is InChI=1S/C12H14O/c1-12(9-13)7-6-10-4-2-3-5-11(10)8-12/h2-7,13H,8-9H2,1H3. The Balaban J connectivity index is 2.39. The van der Waals surface area contributed by atoms with Gasteiger partial charge in [0.15, 0.2) is 0 Å². The lowest BCUT2D eigenvalue weighted by Gasteiger charge is -2.27. The van der Waals surface area contributed by atoms with Crippen LogP contribution in [0.2, 0.25) is 0 Å². The van der Waals surface area contributed by atoms with Crippen LogP contribution in [0.4, 0.5) is 0 Å². The monoisotopic (exact) mass is 174 g/mol. The van der Waals surface area contributed by atoms with E-state index >= 15 is 0 Å². The first-order valence-corrected chi connectivity index (χ1v) is 4.61. The first kappa shape index (κ1) is 8.52. The van der Waals surface area contributed by atoms with Gasteiger partial charge in [-0.15, -0.1) is 0 Å². The molecule has 0 saturated carbocycles. The average molecular weight is 174 g/mol. The molecule has 0 heterocycles. The van der Waals surface area contributed by atoms with Crippen molar-refractivity contribution in [3.63, 3.8) is 0 Å². The molecule has 0 amide bonds. The van der Waals surface area contributed by atoms with E-state index in [0.717, 1.165) is 6.42 Å². The SMILES string of the molecule is CC1(CO)C=Cc2ccccc2C1. The summed E-state index contributed by atoms with van der Waals surface area (Å²) in [5.74, 6) is 0. The van der Waals surface area contributed by atoms with Crippen LogP contribution in [0.15, 0.2) is 30.3 Å². The van der Waals surface area contributed by atoms with Crippen molar-refractivity contribution in [3.8, 4) is 0 Å². The molecule has 0 fully saturated rings. The minimum Gasteiger partial charge on any atom is -0.395 e. The Kier molecular flexibility index (Phi) is 1.97. The van der Waals surface area contributed by atoms with E-state index in [9.17, 15) is 5.11 Å². The molecule has 68 valence electrons. The summed E-state index contributed by atoms with van der Waals surface area (Å²) >= 11 is 0. The quantitative estimate of drug-likeness (QED) is 0.692. The van der Waals surface area contributed by atoms with Crippen molar-refractivity contribution in [1.82, 2.24) is 0 Å². The predicted octanol–water partition coefficient (Wildman–Crippen LogP) is 2.25. The van der Waals surface area contributed by atoms with E-state index in [-0.39, 0.29) is 12.0 Å². The molecule has 0 saturated heterocycles. The van der Waals surface area contributed by atoms with Gasteiger partial charge in [-0.25, -0.2) is 0 Å². The zero-order valence-electron chi connectivity index (χ0n) is 7.83. The number of hydrogen-bond acceptors (Lipinski definition) is 1. The third kappa shape index (κ3) is 1.52. The maximum atomic E-state index is 9.22. The van der Waals surface area contributed by atoms with E-state index in [1.807, 2.05) is 6.07 Å². The molecule has 0 spiro atoms. The Morgan fingerprint density at radius 2 is 2.15 bits per heavy atom. The van der Waals surface area contributed by atoms with Gasteiger partial charge in [0.25, 0.3) is 0 Å². The van der Waals surface area contributed by atoms with Crippen LogP contribution in [0.1, 0.15) is 18.1 Å². The van der Waals surface area contributed by atoms with Gasteiger partial charge in [0.05, 0.1) is 6.61 Å². The molecular formula is C12H14O. The highest BCUT2D eigenvalue weighted by atomic mass is 16.3. The van der Waals surface area contributed by atoms with Crippen LogP contribution in [-0.4, -0.2) is 11.7 Å². The van der Waals surface area contributed by atoms with E-state index < -0.39 is 0 Å². The molecule has 2 rings (SSSR count). The fraction of sp³-hybridized carbons (Fsp3) is 0.333. The summed E-state index contributed by atoms with van der Waals surface area (Å²) in [6.45, 7) is 2.30. The lowest BCUT2D eigenvalue weighted by atomic mass is 9.78. The van der Waals surface area contributed by atoms with Gasteiger partial charge in [-0.2, -0.15) is 0 Å². The largest absolute Gasteiger partial charge is 0.395 e. The fourth-order valence-electron chi connectivity index (χ4n) is 1.75. The van der Waals surface area contributed by atoms with E-state index in [1.165, 1.54) is 11.1 Å². The minimum absolute atomic E-state index is 0.0612. The Bertz CT molecular complexity index is 341. The van der Waals surface area contributed by atoms with Crippen LogP contribution in [0, 0.1) is 5.41 Å². The number of benzene rings is 1. The highest BCUT2D eigenvalue weighted by Crippen LogP contribution is 2.31. The number of aliphatic hydroxyl groups is 1. The second kappa shape index (κ2) is 3.00. The third-order valence-corrected chi connectivity index (χ3v) is 2.68. The Morgan fingerprint density at radius 3 is 2.92 bits per heavy atom. The van der Waals surface area contributed by atoms with Crippen molar-refractivity contribution in [2.45, 2.75) is 13.3 Å². The molecule has 1 nitrogen and oxygen atoms in total.